The Kier molecular flexibility index (Phi) is 3.97. The van der Waals surface area contributed by atoms with Crippen molar-refractivity contribution < 1.29 is 9.53 Å². The van der Waals surface area contributed by atoms with Gasteiger partial charge < -0.3 is 15.8 Å². The molecule has 3 N–H and O–H groups in total. The van der Waals surface area contributed by atoms with Gasteiger partial charge in [0.15, 0.2) is 0 Å². The molecular formula is C14H26N2O2. The van der Waals surface area contributed by atoms with Crippen LogP contribution in [0.5, 0.6) is 0 Å². The first-order valence-corrected chi connectivity index (χ1v) is 7.06. The van der Waals surface area contributed by atoms with Crippen molar-refractivity contribution in [1.82, 2.24) is 5.32 Å². The lowest BCUT2D eigenvalue weighted by atomic mass is 9.72. The number of hydrogen-bond donors (Lipinski definition) is 2. The molecule has 0 radical (unpaired) electrons. The lowest BCUT2D eigenvalue weighted by Gasteiger charge is -2.37. The highest BCUT2D eigenvalue weighted by Crippen LogP contribution is 2.33. The molecule has 1 amide bonds. The number of nitrogens with two attached hydrogens (primary N) is 1. The van der Waals surface area contributed by atoms with Crippen molar-refractivity contribution in [1.29, 1.82) is 0 Å². The Hall–Kier alpha value is -0.610. The minimum atomic E-state index is -0.177. The van der Waals surface area contributed by atoms with Gasteiger partial charge in [0.1, 0.15) is 0 Å². The fourth-order valence-corrected chi connectivity index (χ4v) is 3.20. The standard InChI is InChI=1S/C14H26N2O2/c1-9-6-10(2)12(15)7-11(9)13(17)16-14(3)4-5-18-8-14/h9-12H,4-8,15H2,1-3H3,(H,16,17). The molecule has 1 saturated carbocycles. The highest BCUT2D eigenvalue weighted by Gasteiger charge is 2.38. The lowest BCUT2D eigenvalue weighted by molar-refractivity contribution is -0.130. The molecule has 1 aliphatic heterocycles. The second-order valence-electron chi connectivity index (χ2n) is 6.55. The molecule has 0 bridgehead atoms. The van der Waals surface area contributed by atoms with Crippen LogP contribution in [-0.2, 0) is 9.53 Å². The molecule has 0 aromatic carbocycles. The first-order valence-electron chi connectivity index (χ1n) is 7.06. The number of hydrogen-bond acceptors (Lipinski definition) is 3. The molecule has 2 rings (SSSR count). The Labute approximate surface area is 110 Å². The summed E-state index contributed by atoms with van der Waals surface area (Å²) in [5.74, 6) is 1.17. The van der Waals surface area contributed by atoms with E-state index in [1.807, 2.05) is 0 Å². The molecule has 5 unspecified atom stereocenters. The van der Waals surface area contributed by atoms with Gasteiger partial charge in [0, 0.05) is 18.6 Å². The number of ether oxygens (including phenoxy) is 1. The maximum Gasteiger partial charge on any atom is 0.223 e. The summed E-state index contributed by atoms with van der Waals surface area (Å²) < 4.78 is 5.37. The maximum atomic E-state index is 12.4. The third-order valence-electron chi connectivity index (χ3n) is 4.67. The van der Waals surface area contributed by atoms with Crippen molar-refractivity contribution in [2.75, 3.05) is 13.2 Å². The largest absolute Gasteiger partial charge is 0.379 e. The summed E-state index contributed by atoms with van der Waals surface area (Å²) in [6.07, 6.45) is 2.76. The van der Waals surface area contributed by atoms with Gasteiger partial charge in [-0.05, 0) is 38.0 Å². The average molecular weight is 254 g/mol. The molecule has 1 heterocycles. The number of amides is 1. The average Bonchev–Trinajstić information content (AvgIpc) is 2.70. The number of nitrogens with one attached hydrogen (secondary N) is 1. The van der Waals surface area contributed by atoms with Crippen LogP contribution in [0.2, 0.25) is 0 Å². The topological polar surface area (TPSA) is 64.3 Å². The van der Waals surface area contributed by atoms with Crippen molar-refractivity contribution in [2.45, 2.75) is 51.6 Å². The van der Waals surface area contributed by atoms with Gasteiger partial charge in [0.05, 0.1) is 12.1 Å². The molecule has 4 nitrogen and oxygen atoms in total. The minimum absolute atomic E-state index is 0.0635. The zero-order valence-corrected chi connectivity index (χ0v) is 11.7. The van der Waals surface area contributed by atoms with E-state index >= 15 is 0 Å². The lowest BCUT2D eigenvalue weighted by Crippen LogP contribution is -2.52. The summed E-state index contributed by atoms with van der Waals surface area (Å²) in [6.45, 7) is 7.78. The quantitative estimate of drug-likeness (QED) is 0.780. The molecule has 2 aliphatic rings. The van der Waals surface area contributed by atoms with Crippen LogP contribution in [0.3, 0.4) is 0 Å². The maximum absolute atomic E-state index is 12.4. The fourth-order valence-electron chi connectivity index (χ4n) is 3.20. The molecule has 4 heteroatoms. The molecular weight excluding hydrogens is 228 g/mol. The summed E-state index contributed by atoms with van der Waals surface area (Å²) in [7, 11) is 0. The van der Waals surface area contributed by atoms with E-state index < -0.39 is 0 Å². The summed E-state index contributed by atoms with van der Waals surface area (Å²) in [4.78, 5) is 12.4. The van der Waals surface area contributed by atoms with Crippen molar-refractivity contribution in [3.63, 3.8) is 0 Å². The highest BCUT2D eigenvalue weighted by molar-refractivity contribution is 5.80. The van der Waals surface area contributed by atoms with E-state index in [0.717, 1.165) is 25.9 Å². The van der Waals surface area contributed by atoms with Gasteiger partial charge in [-0.1, -0.05) is 13.8 Å². The Bertz CT molecular complexity index is 313. The molecule has 0 aromatic rings. The molecule has 1 saturated heterocycles. The van der Waals surface area contributed by atoms with Crippen molar-refractivity contribution in [3.05, 3.63) is 0 Å². The highest BCUT2D eigenvalue weighted by atomic mass is 16.5. The third-order valence-corrected chi connectivity index (χ3v) is 4.67. The molecule has 0 spiro atoms. The van der Waals surface area contributed by atoms with E-state index in [0.29, 0.717) is 18.4 Å². The van der Waals surface area contributed by atoms with E-state index in [4.69, 9.17) is 10.5 Å². The van der Waals surface area contributed by atoms with E-state index in [9.17, 15) is 4.79 Å². The number of carbonyl (C=O) groups excluding carboxylic acids is 1. The van der Waals surface area contributed by atoms with Crippen molar-refractivity contribution in [2.24, 2.45) is 23.5 Å². The van der Waals surface area contributed by atoms with Crippen LogP contribution in [0.1, 0.15) is 40.0 Å². The third kappa shape index (κ3) is 2.86. The normalized spacial score (nSPS) is 44.9. The zero-order valence-electron chi connectivity index (χ0n) is 11.7. The van der Waals surface area contributed by atoms with Gasteiger partial charge in [-0.25, -0.2) is 0 Å². The Morgan fingerprint density at radius 3 is 2.67 bits per heavy atom. The van der Waals surface area contributed by atoms with E-state index in [-0.39, 0.29) is 23.4 Å². The monoisotopic (exact) mass is 254 g/mol. The first kappa shape index (κ1) is 13.8. The van der Waals surface area contributed by atoms with E-state index in [1.54, 1.807) is 0 Å². The summed E-state index contributed by atoms with van der Waals surface area (Å²) in [5.41, 5.74) is 5.93. The Morgan fingerprint density at radius 2 is 2.06 bits per heavy atom. The number of carbonyl (C=O) groups is 1. The van der Waals surface area contributed by atoms with Gasteiger partial charge in [0.2, 0.25) is 5.91 Å². The Balaban J connectivity index is 1.96. The van der Waals surface area contributed by atoms with Gasteiger partial charge in [-0.3, -0.25) is 4.79 Å². The van der Waals surface area contributed by atoms with Gasteiger partial charge in [0.25, 0.3) is 0 Å². The second kappa shape index (κ2) is 5.17. The zero-order chi connectivity index (χ0) is 13.3. The van der Waals surface area contributed by atoms with Crippen LogP contribution >= 0.6 is 0 Å². The Morgan fingerprint density at radius 1 is 1.33 bits per heavy atom. The predicted octanol–water partition coefficient (Wildman–Crippen LogP) is 1.29. The van der Waals surface area contributed by atoms with Crippen LogP contribution < -0.4 is 11.1 Å². The van der Waals surface area contributed by atoms with Crippen LogP contribution in [-0.4, -0.2) is 30.7 Å². The SMILES string of the molecule is CC1CC(C)C(C(=O)NC2(C)CCOC2)CC1N. The van der Waals surface area contributed by atoms with Crippen molar-refractivity contribution >= 4 is 5.91 Å². The molecule has 18 heavy (non-hydrogen) atoms. The van der Waals surface area contributed by atoms with Crippen LogP contribution in [0, 0.1) is 17.8 Å². The molecule has 2 fully saturated rings. The van der Waals surface area contributed by atoms with Crippen molar-refractivity contribution in [3.8, 4) is 0 Å². The summed E-state index contributed by atoms with van der Waals surface area (Å²) >= 11 is 0. The van der Waals surface area contributed by atoms with Crippen LogP contribution in [0.25, 0.3) is 0 Å². The fraction of sp³-hybridized carbons (Fsp3) is 0.929. The van der Waals surface area contributed by atoms with Gasteiger partial charge in [-0.15, -0.1) is 0 Å². The molecule has 1 aliphatic carbocycles. The molecule has 0 aromatic heterocycles. The first-order chi connectivity index (χ1) is 8.41. The summed E-state index contributed by atoms with van der Waals surface area (Å²) in [6, 6.07) is 0.157. The summed E-state index contributed by atoms with van der Waals surface area (Å²) in [5, 5.41) is 3.17. The van der Waals surface area contributed by atoms with Gasteiger partial charge >= 0.3 is 0 Å². The van der Waals surface area contributed by atoms with E-state index in [2.05, 4.69) is 26.1 Å². The molecule has 104 valence electrons. The van der Waals surface area contributed by atoms with Crippen LogP contribution in [0.4, 0.5) is 0 Å². The second-order valence-corrected chi connectivity index (χ2v) is 6.55. The predicted molar refractivity (Wildman–Crippen MR) is 71.0 cm³/mol. The van der Waals surface area contributed by atoms with E-state index in [1.165, 1.54) is 0 Å². The number of rotatable bonds is 2. The smallest absolute Gasteiger partial charge is 0.223 e. The minimum Gasteiger partial charge on any atom is -0.379 e. The van der Waals surface area contributed by atoms with Crippen LogP contribution in [0.15, 0.2) is 0 Å². The molecule has 5 atom stereocenters. The van der Waals surface area contributed by atoms with Gasteiger partial charge in [-0.2, -0.15) is 0 Å².